The monoisotopic (exact) mass is 456 g/mol. The van der Waals surface area contributed by atoms with Crippen molar-refractivity contribution in [3.63, 3.8) is 0 Å². The van der Waals surface area contributed by atoms with Crippen LogP contribution in [0.15, 0.2) is 11.6 Å². The standard InChI is InChI=1S/C30H48O3/c1-26(2)21-10-13-28(5)17-18-16-20(31)25-27(3,4)24(33)11-14-29(25,6)19(18)8-9-22(28)30(21,7)15-12-23(26)32/h16,19,21-25,32-33H,8-15,17H2,1-7H3/t19-,21-,22+,23+,24+,25-,28-,29+,30-/m0/s1. The van der Waals surface area contributed by atoms with Crippen LogP contribution in [0.25, 0.3) is 0 Å². The fraction of sp³-hybridized carbons (Fsp3) is 0.900. The molecular weight excluding hydrogens is 408 g/mol. The lowest BCUT2D eigenvalue weighted by Gasteiger charge is -2.63. The van der Waals surface area contributed by atoms with E-state index in [0.717, 1.165) is 32.1 Å². The second kappa shape index (κ2) is 7.19. The molecule has 0 saturated heterocycles. The Balaban J connectivity index is 1.54. The molecule has 0 aliphatic heterocycles. The maximum Gasteiger partial charge on any atom is 0.159 e. The van der Waals surface area contributed by atoms with Crippen LogP contribution in [0.1, 0.15) is 106 Å². The second-order valence-electron chi connectivity index (χ2n) is 14.9. The quantitative estimate of drug-likeness (QED) is 0.448. The highest BCUT2D eigenvalue weighted by Crippen LogP contribution is 2.70. The molecule has 0 bridgehead atoms. The first kappa shape index (κ1) is 24.0. The van der Waals surface area contributed by atoms with Crippen LogP contribution in [0.3, 0.4) is 0 Å². The number of allylic oxidation sites excluding steroid dienone is 2. The highest BCUT2D eigenvalue weighted by atomic mass is 16.3. The highest BCUT2D eigenvalue weighted by Gasteiger charge is 2.64. The van der Waals surface area contributed by atoms with E-state index in [1.165, 1.54) is 31.3 Å². The van der Waals surface area contributed by atoms with E-state index >= 15 is 0 Å². The third-order valence-electron chi connectivity index (χ3n) is 12.6. The van der Waals surface area contributed by atoms with Crippen LogP contribution in [0, 0.1) is 50.7 Å². The second-order valence-corrected chi connectivity index (χ2v) is 14.9. The zero-order valence-electron chi connectivity index (χ0n) is 22.2. The van der Waals surface area contributed by atoms with E-state index in [9.17, 15) is 15.0 Å². The number of hydrogen-bond donors (Lipinski definition) is 2. The topological polar surface area (TPSA) is 57.5 Å². The SMILES string of the molecule is CC1(C)[C@H](O)CC[C@]2(C)[C@@H]3CC[C@H]4C(=CC(=O)[C@H]5C(C)(C)[C@H](O)CC[C@]45C)C[C@]3(C)CC[C@@H]12. The predicted molar refractivity (Wildman–Crippen MR) is 132 cm³/mol. The largest absolute Gasteiger partial charge is 0.393 e. The van der Waals surface area contributed by atoms with Crippen LogP contribution in [-0.4, -0.2) is 28.2 Å². The van der Waals surface area contributed by atoms with Crippen molar-refractivity contribution in [3.05, 3.63) is 11.6 Å². The van der Waals surface area contributed by atoms with Crippen molar-refractivity contribution in [3.8, 4) is 0 Å². The Labute approximate surface area is 201 Å². The number of ketones is 1. The van der Waals surface area contributed by atoms with Gasteiger partial charge < -0.3 is 10.2 Å². The molecule has 33 heavy (non-hydrogen) atoms. The summed E-state index contributed by atoms with van der Waals surface area (Å²) in [6, 6.07) is 0. The molecule has 3 heteroatoms. The van der Waals surface area contributed by atoms with Crippen molar-refractivity contribution in [1.29, 1.82) is 0 Å². The van der Waals surface area contributed by atoms with Gasteiger partial charge in [0.2, 0.25) is 0 Å². The fourth-order valence-electron chi connectivity index (χ4n) is 10.9. The normalized spacial score (nSPS) is 53.0. The Morgan fingerprint density at radius 1 is 0.727 bits per heavy atom. The van der Waals surface area contributed by atoms with Gasteiger partial charge in [-0.05, 0) is 103 Å². The third kappa shape index (κ3) is 3.09. The molecule has 186 valence electrons. The third-order valence-corrected chi connectivity index (χ3v) is 12.6. The zero-order chi connectivity index (χ0) is 24.2. The molecule has 0 amide bonds. The molecule has 4 fully saturated rings. The number of fused-ring (bicyclic) bond motifs is 6. The Kier molecular flexibility index (Phi) is 5.24. The van der Waals surface area contributed by atoms with Gasteiger partial charge in [-0.2, -0.15) is 0 Å². The van der Waals surface area contributed by atoms with Crippen molar-refractivity contribution in [2.45, 2.75) is 118 Å². The summed E-state index contributed by atoms with van der Waals surface area (Å²) in [5, 5.41) is 21.7. The molecule has 2 N–H and O–H groups in total. The summed E-state index contributed by atoms with van der Waals surface area (Å²) in [4.78, 5) is 13.6. The van der Waals surface area contributed by atoms with E-state index in [4.69, 9.17) is 0 Å². The molecule has 0 aromatic heterocycles. The van der Waals surface area contributed by atoms with E-state index in [2.05, 4.69) is 48.5 Å². The minimum atomic E-state index is -0.393. The molecule has 3 nitrogen and oxygen atoms in total. The number of hydrogen-bond acceptors (Lipinski definition) is 3. The Bertz CT molecular complexity index is 870. The summed E-state index contributed by atoms with van der Waals surface area (Å²) in [5.41, 5.74) is 1.48. The van der Waals surface area contributed by atoms with E-state index in [-0.39, 0.29) is 44.9 Å². The van der Waals surface area contributed by atoms with Gasteiger partial charge in [0.25, 0.3) is 0 Å². The lowest BCUT2D eigenvalue weighted by Crippen LogP contribution is -2.58. The Morgan fingerprint density at radius 2 is 1.33 bits per heavy atom. The Morgan fingerprint density at radius 3 is 2.00 bits per heavy atom. The van der Waals surface area contributed by atoms with Gasteiger partial charge in [0, 0.05) is 11.3 Å². The summed E-state index contributed by atoms with van der Waals surface area (Å²) in [5.74, 6) is 1.86. The van der Waals surface area contributed by atoms with Gasteiger partial charge in [0.15, 0.2) is 5.78 Å². The number of aliphatic hydroxyl groups is 2. The highest BCUT2D eigenvalue weighted by molar-refractivity contribution is 5.95. The number of carbonyl (C=O) groups excluding carboxylic acids is 1. The van der Waals surface area contributed by atoms with Crippen LogP contribution >= 0.6 is 0 Å². The molecule has 0 unspecified atom stereocenters. The fourth-order valence-corrected chi connectivity index (χ4v) is 10.9. The molecule has 0 aromatic rings. The number of aliphatic hydroxyl groups excluding tert-OH is 2. The van der Waals surface area contributed by atoms with Gasteiger partial charge >= 0.3 is 0 Å². The van der Waals surface area contributed by atoms with Crippen LogP contribution in [0.4, 0.5) is 0 Å². The maximum absolute atomic E-state index is 13.6. The minimum Gasteiger partial charge on any atom is -0.393 e. The van der Waals surface area contributed by atoms with Crippen LogP contribution in [0.2, 0.25) is 0 Å². The lowest BCUT2D eigenvalue weighted by molar-refractivity contribution is -0.170. The first-order valence-electron chi connectivity index (χ1n) is 13.8. The molecule has 5 rings (SSSR count). The first-order chi connectivity index (χ1) is 15.2. The van der Waals surface area contributed by atoms with E-state index in [1.807, 2.05) is 6.08 Å². The average molecular weight is 457 g/mol. The molecule has 0 radical (unpaired) electrons. The number of carbonyl (C=O) groups is 1. The van der Waals surface area contributed by atoms with E-state index < -0.39 is 6.10 Å². The van der Waals surface area contributed by atoms with Crippen LogP contribution in [-0.2, 0) is 4.79 Å². The summed E-state index contributed by atoms with van der Waals surface area (Å²) >= 11 is 0. The van der Waals surface area contributed by atoms with Crippen molar-refractivity contribution >= 4 is 5.78 Å². The zero-order valence-corrected chi connectivity index (χ0v) is 22.2. The Hall–Kier alpha value is -0.670. The molecule has 9 atom stereocenters. The molecule has 5 aliphatic carbocycles. The molecule has 0 aromatic carbocycles. The molecule has 5 aliphatic rings. The predicted octanol–water partition coefficient (Wildman–Crippen LogP) is 6.32. The van der Waals surface area contributed by atoms with Crippen LogP contribution < -0.4 is 0 Å². The van der Waals surface area contributed by atoms with Crippen molar-refractivity contribution in [2.75, 3.05) is 0 Å². The minimum absolute atomic E-state index is 0.0246. The average Bonchev–Trinajstić information content (AvgIpc) is 2.85. The molecular formula is C30H48O3. The van der Waals surface area contributed by atoms with Gasteiger partial charge in [-0.25, -0.2) is 0 Å². The van der Waals surface area contributed by atoms with Crippen molar-refractivity contribution in [1.82, 2.24) is 0 Å². The number of rotatable bonds is 0. The molecule has 0 heterocycles. The summed E-state index contributed by atoms with van der Waals surface area (Å²) in [7, 11) is 0. The van der Waals surface area contributed by atoms with Gasteiger partial charge in [0.1, 0.15) is 0 Å². The summed E-state index contributed by atoms with van der Waals surface area (Å²) < 4.78 is 0. The van der Waals surface area contributed by atoms with E-state index in [1.54, 1.807) is 0 Å². The van der Waals surface area contributed by atoms with Gasteiger partial charge in [0.05, 0.1) is 12.2 Å². The molecule has 0 spiro atoms. The summed E-state index contributed by atoms with van der Waals surface area (Å²) in [6.07, 6.45) is 11.1. The molecule has 4 saturated carbocycles. The van der Waals surface area contributed by atoms with Crippen molar-refractivity contribution in [2.24, 2.45) is 50.7 Å². The van der Waals surface area contributed by atoms with E-state index in [0.29, 0.717) is 17.8 Å². The van der Waals surface area contributed by atoms with Gasteiger partial charge in [-0.3, -0.25) is 4.79 Å². The van der Waals surface area contributed by atoms with Gasteiger partial charge in [-0.15, -0.1) is 0 Å². The van der Waals surface area contributed by atoms with Crippen molar-refractivity contribution < 1.29 is 15.0 Å². The first-order valence-corrected chi connectivity index (χ1v) is 13.8. The maximum atomic E-state index is 13.6. The lowest BCUT2D eigenvalue weighted by atomic mass is 9.42. The van der Waals surface area contributed by atoms with Gasteiger partial charge in [-0.1, -0.05) is 54.0 Å². The smallest absolute Gasteiger partial charge is 0.159 e. The van der Waals surface area contributed by atoms with Crippen LogP contribution in [0.5, 0.6) is 0 Å². The summed E-state index contributed by atoms with van der Waals surface area (Å²) in [6.45, 7) is 16.3.